The second kappa shape index (κ2) is 6.96. The Morgan fingerprint density at radius 3 is 2.37 bits per heavy atom. The minimum atomic E-state index is -2.42. The summed E-state index contributed by atoms with van der Waals surface area (Å²) in [6, 6.07) is 7.77. The van der Waals surface area contributed by atoms with E-state index < -0.39 is 23.9 Å². The van der Waals surface area contributed by atoms with E-state index in [9.17, 15) is 22.0 Å². The fraction of sp³-hybridized carbons (Fsp3) is 0.300. The van der Waals surface area contributed by atoms with E-state index in [1.165, 1.54) is 18.2 Å². The van der Waals surface area contributed by atoms with Crippen LogP contribution >= 0.6 is 0 Å². The standard InChI is InChI=1S/C20H17F5N2/c21-12-3-1-10(2-4-12)19-18(11-5-14(6-11)26-9-17(24)25)15-7-13(22)8-16(23)20(15)27-19/h1-4,7-8,11,14,17,26-27H,5-6,9H2. The molecule has 3 aromatic rings. The molecule has 2 nitrogen and oxygen atoms in total. The number of nitrogens with one attached hydrogen (secondary N) is 2. The van der Waals surface area contributed by atoms with Gasteiger partial charge in [-0.05, 0) is 60.2 Å². The Kier molecular flexibility index (Phi) is 4.63. The van der Waals surface area contributed by atoms with E-state index in [4.69, 9.17) is 0 Å². The van der Waals surface area contributed by atoms with Crippen molar-refractivity contribution >= 4 is 10.9 Å². The second-order valence-corrected chi connectivity index (χ2v) is 6.90. The van der Waals surface area contributed by atoms with Gasteiger partial charge in [0.25, 0.3) is 6.43 Å². The largest absolute Gasteiger partial charge is 0.352 e. The van der Waals surface area contributed by atoms with Gasteiger partial charge in [0.15, 0.2) is 0 Å². The van der Waals surface area contributed by atoms with Crippen molar-refractivity contribution in [2.45, 2.75) is 31.2 Å². The maximum absolute atomic E-state index is 14.3. The van der Waals surface area contributed by atoms with E-state index in [2.05, 4.69) is 10.3 Å². The molecule has 0 unspecified atom stereocenters. The highest BCUT2D eigenvalue weighted by Crippen LogP contribution is 2.45. The van der Waals surface area contributed by atoms with E-state index in [0.717, 1.165) is 11.6 Å². The van der Waals surface area contributed by atoms with Gasteiger partial charge in [-0.1, -0.05) is 0 Å². The van der Waals surface area contributed by atoms with Gasteiger partial charge in [-0.15, -0.1) is 0 Å². The zero-order chi connectivity index (χ0) is 19.1. The van der Waals surface area contributed by atoms with Crippen molar-refractivity contribution in [3.8, 4) is 11.3 Å². The fourth-order valence-electron chi connectivity index (χ4n) is 3.78. The van der Waals surface area contributed by atoms with Crippen molar-refractivity contribution in [2.75, 3.05) is 6.54 Å². The molecule has 0 aliphatic heterocycles. The van der Waals surface area contributed by atoms with Crippen molar-refractivity contribution in [3.05, 3.63) is 59.4 Å². The summed E-state index contributed by atoms with van der Waals surface area (Å²) in [7, 11) is 0. The lowest BCUT2D eigenvalue weighted by Crippen LogP contribution is -2.42. The molecule has 1 fully saturated rings. The Morgan fingerprint density at radius 1 is 1.00 bits per heavy atom. The van der Waals surface area contributed by atoms with Crippen molar-refractivity contribution in [2.24, 2.45) is 0 Å². The van der Waals surface area contributed by atoms with E-state index in [1.807, 2.05) is 0 Å². The lowest BCUT2D eigenvalue weighted by atomic mass is 9.74. The van der Waals surface area contributed by atoms with Gasteiger partial charge in [-0.2, -0.15) is 0 Å². The Morgan fingerprint density at radius 2 is 1.70 bits per heavy atom. The summed E-state index contributed by atoms with van der Waals surface area (Å²) in [6.07, 6.45) is -1.24. The molecule has 1 aromatic heterocycles. The van der Waals surface area contributed by atoms with Crippen molar-refractivity contribution in [1.29, 1.82) is 0 Å². The van der Waals surface area contributed by atoms with Crippen LogP contribution in [0.15, 0.2) is 36.4 Å². The SMILES string of the molecule is Fc1ccc(-c2[nH]c3c(F)cc(F)cc3c2C2CC(NCC(F)F)C2)cc1. The fourth-order valence-corrected chi connectivity index (χ4v) is 3.78. The highest BCUT2D eigenvalue weighted by atomic mass is 19.3. The van der Waals surface area contributed by atoms with Gasteiger partial charge in [0.05, 0.1) is 17.8 Å². The number of fused-ring (bicyclic) bond motifs is 1. The van der Waals surface area contributed by atoms with Gasteiger partial charge in [-0.3, -0.25) is 0 Å². The molecule has 0 saturated heterocycles. The Hall–Kier alpha value is -2.41. The summed E-state index contributed by atoms with van der Waals surface area (Å²) >= 11 is 0. The van der Waals surface area contributed by atoms with E-state index in [-0.39, 0.29) is 24.0 Å². The molecule has 2 N–H and O–H groups in total. The number of aromatic nitrogens is 1. The van der Waals surface area contributed by atoms with Gasteiger partial charge in [0.2, 0.25) is 0 Å². The summed E-state index contributed by atoms with van der Waals surface area (Å²) in [5, 5.41) is 3.22. The van der Waals surface area contributed by atoms with E-state index in [0.29, 0.717) is 29.5 Å². The Labute approximate surface area is 152 Å². The van der Waals surface area contributed by atoms with Crippen LogP contribution in [0.2, 0.25) is 0 Å². The third kappa shape index (κ3) is 3.43. The van der Waals surface area contributed by atoms with Crippen LogP contribution in [0, 0.1) is 17.5 Å². The molecule has 1 saturated carbocycles. The molecule has 1 aliphatic carbocycles. The molecule has 0 atom stereocenters. The van der Waals surface area contributed by atoms with Crippen LogP contribution in [0.1, 0.15) is 24.3 Å². The van der Waals surface area contributed by atoms with Crippen molar-refractivity contribution < 1.29 is 22.0 Å². The highest BCUT2D eigenvalue weighted by Gasteiger charge is 2.34. The molecular weight excluding hydrogens is 363 g/mol. The van der Waals surface area contributed by atoms with Crippen LogP contribution < -0.4 is 5.32 Å². The molecule has 0 bridgehead atoms. The molecule has 142 valence electrons. The minimum absolute atomic E-state index is 0.0322. The van der Waals surface area contributed by atoms with Crippen LogP contribution in [0.3, 0.4) is 0 Å². The number of hydrogen-bond donors (Lipinski definition) is 2. The smallest absolute Gasteiger partial charge is 0.250 e. The number of alkyl halides is 2. The average Bonchev–Trinajstić information content (AvgIpc) is 2.93. The lowest BCUT2D eigenvalue weighted by Gasteiger charge is -2.36. The van der Waals surface area contributed by atoms with Crippen LogP contribution in [-0.2, 0) is 0 Å². The molecule has 0 spiro atoms. The van der Waals surface area contributed by atoms with Gasteiger partial charge in [0.1, 0.15) is 17.5 Å². The molecule has 27 heavy (non-hydrogen) atoms. The number of hydrogen-bond acceptors (Lipinski definition) is 1. The van der Waals surface area contributed by atoms with Gasteiger partial charge in [-0.25, -0.2) is 22.0 Å². The van der Waals surface area contributed by atoms with Gasteiger partial charge < -0.3 is 10.3 Å². The first-order valence-electron chi connectivity index (χ1n) is 8.70. The summed E-state index contributed by atoms with van der Waals surface area (Å²) in [6.45, 7) is -0.376. The number of H-pyrrole nitrogens is 1. The summed E-state index contributed by atoms with van der Waals surface area (Å²) in [4.78, 5) is 3.01. The number of benzene rings is 2. The van der Waals surface area contributed by atoms with Crippen LogP contribution in [0.5, 0.6) is 0 Å². The first kappa shape index (κ1) is 18.0. The summed E-state index contributed by atoms with van der Waals surface area (Å²) in [5.41, 5.74) is 2.19. The molecule has 0 amide bonds. The molecule has 4 rings (SSSR count). The van der Waals surface area contributed by atoms with E-state index >= 15 is 0 Å². The maximum Gasteiger partial charge on any atom is 0.250 e. The molecule has 7 heteroatoms. The van der Waals surface area contributed by atoms with Crippen LogP contribution in [0.25, 0.3) is 22.2 Å². The van der Waals surface area contributed by atoms with Gasteiger partial charge in [0, 0.05) is 17.5 Å². The topological polar surface area (TPSA) is 27.8 Å². The van der Waals surface area contributed by atoms with Crippen molar-refractivity contribution in [1.82, 2.24) is 10.3 Å². The Bertz CT molecular complexity index is 959. The monoisotopic (exact) mass is 380 g/mol. The molecular formula is C20H17F5N2. The van der Waals surface area contributed by atoms with Crippen LogP contribution in [0.4, 0.5) is 22.0 Å². The minimum Gasteiger partial charge on any atom is -0.352 e. The first-order chi connectivity index (χ1) is 12.9. The van der Waals surface area contributed by atoms with Gasteiger partial charge >= 0.3 is 0 Å². The third-order valence-corrected chi connectivity index (χ3v) is 5.10. The maximum atomic E-state index is 14.3. The second-order valence-electron chi connectivity index (χ2n) is 6.90. The average molecular weight is 380 g/mol. The first-order valence-corrected chi connectivity index (χ1v) is 8.70. The molecule has 0 radical (unpaired) electrons. The zero-order valence-corrected chi connectivity index (χ0v) is 14.2. The lowest BCUT2D eigenvalue weighted by molar-refractivity contribution is 0.131. The number of halogens is 5. The summed E-state index contributed by atoms with van der Waals surface area (Å²) < 4.78 is 66.1. The predicted molar refractivity (Wildman–Crippen MR) is 93.4 cm³/mol. The van der Waals surface area contributed by atoms with E-state index in [1.54, 1.807) is 12.1 Å². The normalized spacial score (nSPS) is 19.6. The quantitative estimate of drug-likeness (QED) is 0.574. The predicted octanol–water partition coefficient (Wildman–Crippen LogP) is 5.35. The molecule has 1 heterocycles. The molecule has 2 aromatic carbocycles. The number of aromatic amines is 1. The molecule has 1 aliphatic rings. The van der Waals surface area contributed by atoms with Crippen LogP contribution in [-0.4, -0.2) is 24.0 Å². The third-order valence-electron chi connectivity index (χ3n) is 5.10. The highest BCUT2D eigenvalue weighted by molar-refractivity contribution is 5.92. The van der Waals surface area contributed by atoms with Crippen molar-refractivity contribution in [3.63, 3.8) is 0 Å². The Balaban J connectivity index is 1.73. The zero-order valence-electron chi connectivity index (χ0n) is 14.2. The summed E-state index contributed by atoms with van der Waals surface area (Å²) in [5.74, 6) is -1.81. The number of rotatable bonds is 5.